The summed E-state index contributed by atoms with van der Waals surface area (Å²) in [7, 11) is 3.71. The summed E-state index contributed by atoms with van der Waals surface area (Å²) in [4.78, 5) is 0. The molecule has 0 spiro atoms. The van der Waals surface area contributed by atoms with Crippen LogP contribution >= 0.6 is 0 Å². The van der Waals surface area contributed by atoms with Crippen LogP contribution in [-0.2, 0) is 11.2 Å². The van der Waals surface area contributed by atoms with Crippen LogP contribution in [0.3, 0.4) is 0 Å². The Hall–Kier alpha value is -0.930. The molecule has 0 saturated carbocycles. The monoisotopic (exact) mass is 253 g/mol. The molecule has 3 heteroatoms. The number of rotatable bonds is 8. The summed E-state index contributed by atoms with van der Waals surface area (Å²) in [5, 5.41) is 3.24. The molecule has 0 fully saturated rings. The maximum Gasteiger partial charge on any atom is 0.123 e. The minimum atomic E-state index is -0.170. The maximum atomic E-state index is 12.9. The molecule has 2 unspecified atom stereocenters. The van der Waals surface area contributed by atoms with Crippen LogP contribution in [0.2, 0.25) is 0 Å². The lowest BCUT2D eigenvalue weighted by Crippen LogP contribution is -2.27. The van der Waals surface area contributed by atoms with Crippen LogP contribution in [0.15, 0.2) is 24.3 Å². The summed E-state index contributed by atoms with van der Waals surface area (Å²) in [6, 6.07) is 6.82. The highest BCUT2D eigenvalue weighted by Crippen LogP contribution is 2.20. The van der Waals surface area contributed by atoms with Gasteiger partial charge in [0, 0.05) is 13.7 Å². The zero-order chi connectivity index (χ0) is 13.4. The fraction of sp³-hybridized carbons (Fsp3) is 0.600. The van der Waals surface area contributed by atoms with Gasteiger partial charge in [-0.3, -0.25) is 0 Å². The molecule has 0 aliphatic carbocycles. The lowest BCUT2D eigenvalue weighted by atomic mass is 9.86. The molecule has 18 heavy (non-hydrogen) atoms. The van der Waals surface area contributed by atoms with Gasteiger partial charge in [0.25, 0.3) is 0 Å². The van der Waals surface area contributed by atoms with Gasteiger partial charge in [0.15, 0.2) is 0 Å². The smallest absolute Gasteiger partial charge is 0.123 e. The fourth-order valence-electron chi connectivity index (χ4n) is 2.20. The summed E-state index contributed by atoms with van der Waals surface area (Å²) in [5.74, 6) is 0.967. The molecule has 0 aliphatic rings. The Kier molecular flexibility index (Phi) is 6.91. The highest BCUT2D eigenvalue weighted by molar-refractivity contribution is 5.16. The molecule has 0 radical (unpaired) electrons. The predicted octanol–water partition coefficient (Wildman–Crippen LogP) is 2.88. The molecular weight excluding hydrogens is 229 g/mol. The van der Waals surface area contributed by atoms with Gasteiger partial charge in [-0.15, -0.1) is 0 Å². The van der Waals surface area contributed by atoms with Crippen molar-refractivity contribution in [3.63, 3.8) is 0 Å². The first-order valence-electron chi connectivity index (χ1n) is 6.55. The second-order valence-electron chi connectivity index (χ2n) is 4.91. The van der Waals surface area contributed by atoms with Crippen LogP contribution in [0.1, 0.15) is 18.9 Å². The number of hydrogen-bond donors (Lipinski definition) is 1. The first-order valence-corrected chi connectivity index (χ1v) is 6.55. The van der Waals surface area contributed by atoms with E-state index in [4.69, 9.17) is 4.74 Å². The Labute approximate surface area is 110 Å². The predicted molar refractivity (Wildman–Crippen MR) is 73.2 cm³/mol. The Balaban J connectivity index is 2.58. The number of halogens is 1. The number of ether oxygens (including phenoxy) is 1. The van der Waals surface area contributed by atoms with Crippen LogP contribution in [-0.4, -0.2) is 27.3 Å². The van der Waals surface area contributed by atoms with Crippen molar-refractivity contribution in [1.82, 2.24) is 5.32 Å². The van der Waals surface area contributed by atoms with E-state index in [1.54, 1.807) is 7.11 Å². The average Bonchev–Trinajstić information content (AvgIpc) is 2.38. The van der Waals surface area contributed by atoms with Crippen molar-refractivity contribution in [3.8, 4) is 0 Å². The summed E-state index contributed by atoms with van der Waals surface area (Å²) >= 11 is 0. The summed E-state index contributed by atoms with van der Waals surface area (Å²) < 4.78 is 18.0. The van der Waals surface area contributed by atoms with Crippen molar-refractivity contribution < 1.29 is 9.13 Å². The third-order valence-electron chi connectivity index (χ3n) is 3.46. The van der Waals surface area contributed by atoms with Gasteiger partial charge in [0.1, 0.15) is 5.82 Å². The molecule has 0 aliphatic heterocycles. The second kappa shape index (κ2) is 8.22. The third kappa shape index (κ3) is 5.15. The minimum absolute atomic E-state index is 0.170. The quantitative estimate of drug-likeness (QED) is 0.769. The molecule has 0 saturated heterocycles. The standard InChI is InChI=1S/C15H24FNO/c1-12(8-9-18-3)14(11-17-2)10-13-4-6-15(16)7-5-13/h4-7,12,14,17H,8-11H2,1-3H3. The fourth-order valence-corrected chi connectivity index (χ4v) is 2.20. The normalized spacial score (nSPS) is 14.4. The highest BCUT2D eigenvalue weighted by atomic mass is 19.1. The van der Waals surface area contributed by atoms with Gasteiger partial charge in [-0.05, 0) is 56.0 Å². The van der Waals surface area contributed by atoms with E-state index in [0.29, 0.717) is 11.8 Å². The van der Waals surface area contributed by atoms with Crippen molar-refractivity contribution >= 4 is 0 Å². The van der Waals surface area contributed by atoms with E-state index in [1.807, 2.05) is 19.2 Å². The number of benzene rings is 1. The second-order valence-corrected chi connectivity index (χ2v) is 4.91. The lowest BCUT2D eigenvalue weighted by molar-refractivity contribution is 0.164. The lowest BCUT2D eigenvalue weighted by Gasteiger charge is -2.23. The number of nitrogens with one attached hydrogen (secondary N) is 1. The molecule has 0 aromatic heterocycles. The summed E-state index contributed by atoms with van der Waals surface area (Å²) in [5.41, 5.74) is 1.20. The molecule has 2 atom stereocenters. The van der Waals surface area contributed by atoms with Crippen LogP contribution in [0.5, 0.6) is 0 Å². The van der Waals surface area contributed by atoms with Crippen LogP contribution in [0.25, 0.3) is 0 Å². The van der Waals surface area contributed by atoms with E-state index in [2.05, 4.69) is 12.2 Å². The van der Waals surface area contributed by atoms with E-state index in [0.717, 1.165) is 26.0 Å². The molecule has 1 N–H and O–H groups in total. The van der Waals surface area contributed by atoms with Crippen LogP contribution < -0.4 is 5.32 Å². The van der Waals surface area contributed by atoms with Gasteiger partial charge in [0.05, 0.1) is 0 Å². The first kappa shape index (κ1) is 15.1. The highest BCUT2D eigenvalue weighted by Gasteiger charge is 2.17. The van der Waals surface area contributed by atoms with Gasteiger partial charge in [-0.1, -0.05) is 19.1 Å². The van der Waals surface area contributed by atoms with Gasteiger partial charge in [-0.25, -0.2) is 4.39 Å². The summed E-state index contributed by atoms with van der Waals surface area (Å²) in [6.07, 6.45) is 2.04. The van der Waals surface area contributed by atoms with Crippen molar-refractivity contribution in [2.24, 2.45) is 11.8 Å². The maximum absolute atomic E-state index is 12.9. The van der Waals surface area contributed by atoms with E-state index >= 15 is 0 Å². The van der Waals surface area contributed by atoms with Crippen LogP contribution in [0, 0.1) is 17.7 Å². The van der Waals surface area contributed by atoms with Crippen molar-refractivity contribution in [1.29, 1.82) is 0 Å². The van der Waals surface area contributed by atoms with Crippen molar-refractivity contribution in [3.05, 3.63) is 35.6 Å². The Morgan fingerprint density at radius 1 is 1.28 bits per heavy atom. The molecule has 0 amide bonds. The van der Waals surface area contributed by atoms with E-state index in [-0.39, 0.29) is 5.82 Å². The van der Waals surface area contributed by atoms with E-state index in [1.165, 1.54) is 17.7 Å². The van der Waals surface area contributed by atoms with Gasteiger partial charge in [-0.2, -0.15) is 0 Å². The zero-order valence-electron chi connectivity index (χ0n) is 11.6. The molecule has 0 bridgehead atoms. The molecule has 2 nitrogen and oxygen atoms in total. The summed E-state index contributed by atoms with van der Waals surface area (Å²) in [6.45, 7) is 4.03. The van der Waals surface area contributed by atoms with E-state index < -0.39 is 0 Å². The molecule has 1 rings (SSSR count). The van der Waals surface area contributed by atoms with Crippen molar-refractivity contribution in [2.75, 3.05) is 27.3 Å². The Morgan fingerprint density at radius 2 is 1.94 bits per heavy atom. The van der Waals surface area contributed by atoms with Crippen LogP contribution in [0.4, 0.5) is 4.39 Å². The molecular formula is C15H24FNO. The molecule has 1 aromatic rings. The number of hydrogen-bond acceptors (Lipinski definition) is 2. The average molecular weight is 253 g/mol. The minimum Gasteiger partial charge on any atom is -0.385 e. The topological polar surface area (TPSA) is 21.3 Å². The first-order chi connectivity index (χ1) is 8.67. The molecule has 102 valence electrons. The third-order valence-corrected chi connectivity index (χ3v) is 3.46. The SMILES string of the molecule is CNCC(Cc1ccc(F)cc1)C(C)CCOC. The van der Waals surface area contributed by atoms with E-state index in [9.17, 15) is 4.39 Å². The number of methoxy groups -OCH3 is 1. The zero-order valence-corrected chi connectivity index (χ0v) is 11.6. The van der Waals surface area contributed by atoms with Gasteiger partial charge >= 0.3 is 0 Å². The largest absolute Gasteiger partial charge is 0.385 e. The van der Waals surface area contributed by atoms with Crippen molar-refractivity contribution in [2.45, 2.75) is 19.8 Å². The Bertz CT molecular complexity index is 326. The molecule has 0 heterocycles. The Morgan fingerprint density at radius 3 is 2.50 bits per heavy atom. The molecule has 1 aromatic carbocycles. The van der Waals surface area contributed by atoms with Gasteiger partial charge < -0.3 is 10.1 Å². The van der Waals surface area contributed by atoms with Gasteiger partial charge in [0.2, 0.25) is 0 Å².